The van der Waals surface area contributed by atoms with Crippen molar-refractivity contribution in [2.45, 2.75) is 75.9 Å². The van der Waals surface area contributed by atoms with Crippen LogP contribution in [0.25, 0.3) is 0 Å². The summed E-state index contributed by atoms with van der Waals surface area (Å²) in [6, 6.07) is 10.7. The maximum atomic E-state index is 13.6. The Morgan fingerprint density at radius 3 is 2.30 bits per heavy atom. The first-order valence-electron chi connectivity index (χ1n) is 12.6. The second kappa shape index (κ2) is 13.1. The van der Waals surface area contributed by atoms with E-state index in [0.717, 1.165) is 42.0 Å². The molecule has 2 amide bonds. The molecule has 7 nitrogen and oxygen atoms in total. The highest BCUT2D eigenvalue weighted by Crippen LogP contribution is 2.25. The molecular weight excluding hydrogens is 533 g/mol. The molecule has 1 aliphatic rings. The number of sulfonamides is 1. The van der Waals surface area contributed by atoms with E-state index < -0.39 is 28.5 Å². The molecular formula is C27H35Cl2N3O4S. The first-order chi connectivity index (χ1) is 17.5. The van der Waals surface area contributed by atoms with Crippen LogP contribution in [0.1, 0.15) is 56.6 Å². The molecule has 1 fully saturated rings. The Balaban J connectivity index is 1.86. The zero-order valence-electron chi connectivity index (χ0n) is 21.5. The van der Waals surface area contributed by atoms with E-state index in [1.165, 1.54) is 24.1 Å². The zero-order chi connectivity index (χ0) is 27.2. The van der Waals surface area contributed by atoms with Crippen LogP contribution in [-0.2, 0) is 26.2 Å². The Morgan fingerprint density at radius 1 is 1.05 bits per heavy atom. The molecule has 0 bridgehead atoms. The van der Waals surface area contributed by atoms with Crippen molar-refractivity contribution >= 4 is 45.0 Å². The minimum absolute atomic E-state index is 0.0455. The SMILES string of the molecule is CCC(C(=O)NC1CCCCC1)N(Cc1ccc(Cl)cc1Cl)C(=O)CN(C)S(=O)(=O)c1ccc(C)cc1. The molecule has 3 rings (SSSR count). The van der Waals surface area contributed by atoms with Gasteiger partial charge in [0.25, 0.3) is 0 Å². The van der Waals surface area contributed by atoms with Crippen molar-refractivity contribution in [3.05, 3.63) is 63.6 Å². The van der Waals surface area contributed by atoms with E-state index in [2.05, 4.69) is 5.32 Å². The lowest BCUT2D eigenvalue weighted by atomic mass is 9.95. The Hall–Kier alpha value is -2.13. The molecule has 202 valence electrons. The molecule has 0 aliphatic heterocycles. The number of halogens is 2. The summed E-state index contributed by atoms with van der Waals surface area (Å²) in [5, 5.41) is 3.94. The summed E-state index contributed by atoms with van der Waals surface area (Å²) in [5.41, 5.74) is 1.55. The molecule has 1 aliphatic carbocycles. The van der Waals surface area contributed by atoms with Crippen LogP contribution in [0.15, 0.2) is 47.4 Å². The zero-order valence-corrected chi connectivity index (χ0v) is 23.9. The van der Waals surface area contributed by atoms with Crippen LogP contribution in [0, 0.1) is 6.92 Å². The van der Waals surface area contributed by atoms with E-state index in [9.17, 15) is 18.0 Å². The molecule has 1 N–H and O–H groups in total. The minimum atomic E-state index is -3.90. The summed E-state index contributed by atoms with van der Waals surface area (Å²) < 4.78 is 27.3. The summed E-state index contributed by atoms with van der Waals surface area (Å²) in [6.07, 6.45) is 5.47. The molecule has 0 spiro atoms. The van der Waals surface area contributed by atoms with Gasteiger partial charge in [-0.3, -0.25) is 9.59 Å². The van der Waals surface area contributed by atoms with Crippen LogP contribution in [0.4, 0.5) is 0 Å². The lowest BCUT2D eigenvalue weighted by Gasteiger charge is -2.33. The molecule has 0 radical (unpaired) electrons. The van der Waals surface area contributed by atoms with E-state index in [1.54, 1.807) is 30.3 Å². The predicted molar refractivity (Wildman–Crippen MR) is 147 cm³/mol. The van der Waals surface area contributed by atoms with Gasteiger partial charge in [-0.05, 0) is 56.0 Å². The fourth-order valence-electron chi connectivity index (χ4n) is 4.55. The fraction of sp³-hybridized carbons (Fsp3) is 0.481. The van der Waals surface area contributed by atoms with Crippen LogP contribution in [0.3, 0.4) is 0 Å². The number of nitrogens with one attached hydrogen (secondary N) is 1. The van der Waals surface area contributed by atoms with Crippen LogP contribution < -0.4 is 5.32 Å². The number of hydrogen-bond donors (Lipinski definition) is 1. The van der Waals surface area contributed by atoms with Crippen molar-refractivity contribution in [2.24, 2.45) is 0 Å². The van der Waals surface area contributed by atoms with Gasteiger partial charge in [0.05, 0.1) is 11.4 Å². The van der Waals surface area contributed by atoms with E-state index >= 15 is 0 Å². The molecule has 37 heavy (non-hydrogen) atoms. The highest BCUT2D eigenvalue weighted by Gasteiger charge is 2.33. The van der Waals surface area contributed by atoms with Gasteiger partial charge >= 0.3 is 0 Å². The number of amides is 2. The highest BCUT2D eigenvalue weighted by atomic mass is 35.5. The normalized spacial score (nSPS) is 15.4. The van der Waals surface area contributed by atoms with Crippen molar-refractivity contribution < 1.29 is 18.0 Å². The molecule has 1 atom stereocenters. The smallest absolute Gasteiger partial charge is 0.243 e. The number of carbonyl (C=O) groups excluding carboxylic acids is 2. The predicted octanol–water partition coefficient (Wildman–Crippen LogP) is 5.18. The largest absolute Gasteiger partial charge is 0.352 e. The monoisotopic (exact) mass is 567 g/mol. The molecule has 1 unspecified atom stereocenters. The highest BCUT2D eigenvalue weighted by molar-refractivity contribution is 7.89. The van der Waals surface area contributed by atoms with E-state index in [-0.39, 0.29) is 23.4 Å². The molecule has 1 saturated carbocycles. The summed E-state index contributed by atoms with van der Waals surface area (Å²) in [7, 11) is -2.54. The van der Waals surface area contributed by atoms with Crippen molar-refractivity contribution in [3.8, 4) is 0 Å². The quantitative estimate of drug-likeness (QED) is 0.428. The third-order valence-corrected chi connectivity index (χ3v) is 9.18. The Morgan fingerprint density at radius 2 is 1.70 bits per heavy atom. The molecule has 2 aromatic rings. The number of rotatable bonds is 10. The molecule has 10 heteroatoms. The second-order valence-electron chi connectivity index (χ2n) is 9.60. The van der Waals surface area contributed by atoms with Gasteiger partial charge in [-0.2, -0.15) is 4.31 Å². The fourth-order valence-corrected chi connectivity index (χ4v) is 6.14. The average molecular weight is 569 g/mol. The van der Waals surface area contributed by atoms with Crippen molar-refractivity contribution in [2.75, 3.05) is 13.6 Å². The van der Waals surface area contributed by atoms with Crippen molar-refractivity contribution in [1.82, 2.24) is 14.5 Å². The molecule has 0 saturated heterocycles. The Bertz CT molecular complexity index is 1200. The van der Waals surface area contributed by atoms with Crippen molar-refractivity contribution in [1.29, 1.82) is 0 Å². The standard InChI is InChI=1S/C27H35Cl2N3O4S/c1-4-25(27(34)30-22-8-6-5-7-9-22)32(17-20-12-13-21(28)16-24(20)29)26(33)18-31(3)37(35,36)23-14-10-19(2)11-15-23/h10-16,22,25H,4-9,17-18H2,1-3H3,(H,30,34). The first kappa shape index (κ1) is 29.4. The summed E-state index contributed by atoms with van der Waals surface area (Å²) >= 11 is 12.5. The van der Waals surface area contributed by atoms with Crippen LogP contribution in [0.2, 0.25) is 10.0 Å². The topological polar surface area (TPSA) is 86.8 Å². The number of benzene rings is 2. The third-order valence-electron chi connectivity index (χ3n) is 6.78. The summed E-state index contributed by atoms with van der Waals surface area (Å²) in [5.74, 6) is -0.730. The van der Waals surface area contributed by atoms with Crippen LogP contribution in [-0.4, -0.2) is 55.1 Å². The van der Waals surface area contributed by atoms with Gasteiger partial charge < -0.3 is 10.2 Å². The number of hydrogen-bond acceptors (Lipinski definition) is 4. The number of carbonyl (C=O) groups is 2. The molecule has 0 heterocycles. The number of nitrogens with zero attached hydrogens (tertiary/aromatic N) is 2. The molecule has 0 aromatic heterocycles. The maximum absolute atomic E-state index is 13.6. The van der Waals surface area contributed by atoms with Gasteiger partial charge in [-0.15, -0.1) is 0 Å². The maximum Gasteiger partial charge on any atom is 0.243 e. The van der Waals surface area contributed by atoms with Gasteiger partial charge in [-0.25, -0.2) is 8.42 Å². The lowest BCUT2D eigenvalue weighted by molar-refractivity contribution is -0.141. The number of likely N-dealkylation sites (N-methyl/N-ethyl adjacent to an activating group) is 1. The van der Waals surface area contributed by atoms with Gasteiger partial charge in [0.15, 0.2) is 0 Å². The Labute approximate surface area is 230 Å². The third kappa shape index (κ3) is 7.69. The lowest BCUT2D eigenvalue weighted by Crippen LogP contribution is -2.53. The van der Waals surface area contributed by atoms with E-state index in [1.807, 2.05) is 13.8 Å². The van der Waals surface area contributed by atoms with Crippen LogP contribution >= 0.6 is 23.2 Å². The van der Waals surface area contributed by atoms with Gasteiger partial charge in [0, 0.05) is 29.7 Å². The van der Waals surface area contributed by atoms with E-state index in [0.29, 0.717) is 22.0 Å². The van der Waals surface area contributed by atoms with Crippen LogP contribution in [0.5, 0.6) is 0 Å². The van der Waals surface area contributed by atoms with Gasteiger partial charge in [0.2, 0.25) is 21.8 Å². The first-order valence-corrected chi connectivity index (χ1v) is 14.8. The van der Waals surface area contributed by atoms with Gasteiger partial charge in [-0.1, -0.05) is 73.2 Å². The second-order valence-corrected chi connectivity index (χ2v) is 12.5. The summed E-state index contributed by atoms with van der Waals surface area (Å²) in [6.45, 7) is 3.33. The minimum Gasteiger partial charge on any atom is -0.352 e. The number of aryl methyl sites for hydroxylation is 1. The van der Waals surface area contributed by atoms with E-state index in [4.69, 9.17) is 23.2 Å². The molecule has 2 aromatic carbocycles. The average Bonchev–Trinajstić information content (AvgIpc) is 2.86. The van der Waals surface area contributed by atoms with Crippen molar-refractivity contribution in [3.63, 3.8) is 0 Å². The summed E-state index contributed by atoms with van der Waals surface area (Å²) in [4.78, 5) is 28.5. The van der Waals surface area contributed by atoms with Gasteiger partial charge in [0.1, 0.15) is 6.04 Å². The Kier molecular flexibility index (Phi) is 10.4.